The molecule has 6 nitrogen and oxygen atoms in total. The van der Waals surface area contributed by atoms with Gasteiger partial charge in [-0.1, -0.05) is 30.3 Å². The van der Waals surface area contributed by atoms with Crippen molar-refractivity contribution in [3.05, 3.63) is 101 Å². The highest BCUT2D eigenvalue weighted by Gasteiger charge is 2.19. The maximum atomic E-state index is 13.9. The molecule has 0 bridgehead atoms. The molecule has 10 heteroatoms. The number of anilines is 1. The van der Waals surface area contributed by atoms with E-state index in [1.54, 1.807) is 42.6 Å². The van der Waals surface area contributed by atoms with E-state index in [0.29, 0.717) is 22.5 Å². The van der Waals surface area contributed by atoms with Gasteiger partial charge in [0.15, 0.2) is 23.3 Å². The Bertz CT molecular complexity index is 1330. The third kappa shape index (κ3) is 4.45. The molecule has 0 aliphatic heterocycles. The zero-order valence-electron chi connectivity index (χ0n) is 16.6. The molecule has 0 amide bonds. The first-order valence-electron chi connectivity index (χ1n) is 9.46. The molecule has 2 N–H and O–H groups in total. The number of halogens is 4. The van der Waals surface area contributed by atoms with Crippen LogP contribution >= 0.6 is 0 Å². The van der Waals surface area contributed by atoms with Crippen LogP contribution in [0.3, 0.4) is 0 Å². The van der Waals surface area contributed by atoms with Gasteiger partial charge in [0.25, 0.3) is 0 Å². The van der Waals surface area contributed by atoms with E-state index in [0.717, 1.165) is 0 Å². The summed E-state index contributed by atoms with van der Waals surface area (Å²) in [4.78, 5) is 11.1. The van der Waals surface area contributed by atoms with Crippen LogP contribution in [0.4, 0.5) is 23.2 Å². The number of aromatic carboxylic acids is 1. The molecule has 1 aromatic heterocycles. The highest BCUT2D eigenvalue weighted by Crippen LogP contribution is 2.25. The number of nitrogens with zero attached hydrogens (tertiary/aromatic N) is 3. The van der Waals surface area contributed by atoms with Crippen LogP contribution in [0.25, 0.3) is 16.9 Å². The second-order valence-corrected chi connectivity index (χ2v) is 6.81. The zero-order chi connectivity index (χ0) is 23.5. The number of hydrogen-bond acceptors (Lipinski definition) is 4. The summed E-state index contributed by atoms with van der Waals surface area (Å²) >= 11 is 0. The van der Waals surface area contributed by atoms with E-state index in [9.17, 15) is 22.4 Å². The molecule has 33 heavy (non-hydrogen) atoms. The summed E-state index contributed by atoms with van der Waals surface area (Å²) in [6, 6.07) is 15.0. The molecule has 4 aromatic rings. The van der Waals surface area contributed by atoms with Gasteiger partial charge in [0.1, 0.15) is 11.4 Å². The molecular weight excluding hydrogens is 440 g/mol. The Morgan fingerprint density at radius 1 is 0.970 bits per heavy atom. The van der Waals surface area contributed by atoms with E-state index in [-0.39, 0.29) is 11.6 Å². The fourth-order valence-corrected chi connectivity index (χ4v) is 3.03. The number of carboxylic acid groups (broad SMARTS) is 1. The topological polar surface area (TPSA) is 79.5 Å². The van der Waals surface area contributed by atoms with Gasteiger partial charge in [-0.3, -0.25) is 5.43 Å². The first-order chi connectivity index (χ1) is 15.8. The molecule has 0 atom stereocenters. The molecule has 3 aromatic carbocycles. The summed E-state index contributed by atoms with van der Waals surface area (Å²) in [7, 11) is 0. The monoisotopic (exact) mass is 454 g/mol. The maximum absolute atomic E-state index is 13.9. The van der Waals surface area contributed by atoms with Gasteiger partial charge in [0, 0.05) is 23.4 Å². The molecule has 0 fully saturated rings. The Morgan fingerprint density at radius 3 is 2.21 bits per heavy atom. The second kappa shape index (κ2) is 8.95. The summed E-state index contributed by atoms with van der Waals surface area (Å²) in [5.41, 5.74) is 3.15. The van der Waals surface area contributed by atoms with Crippen molar-refractivity contribution in [2.75, 3.05) is 5.43 Å². The third-order valence-corrected chi connectivity index (χ3v) is 4.66. The molecule has 0 saturated carbocycles. The van der Waals surface area contributed by atoms with E-state index in [1.807, 2.05) is 11.5 Å². The predicted molar refractivity (Wildman–Crippen MR) is 113 cm³/mol. The summed E-state index contributed by atoms with van der Waals surface area (Å²) in [6.07, 6.45) is 2.75. The minimum absolute atomic E-state index is 0.103. The van der Waals surface area contributed by atoms with Crippen molar-refractivity contribution in [3.63, 3.8) is 0 Å². The van der Waals surface area contributed by atoms with Crippen molar-refractivity contribution in [1.82, 2.24) is 9.78 Å². The number of benzene rings is 3. The predicted octanol–water partition coefficient (Wildman–Crippen LogP) is 5.24. The first-order valence-corrected chi connectivity index (χ1v) is 9.46. The van der Waals surface area contributed by atoms with Gasteiger partial charge in [-0.05, 0) is 24.3 Å². The lowest BCUT2D eigenvalue weighted by molar-refractivity contribution is 0.0697. The van der Waals surface area contributed by atoms with Crippen molar-refractivity contribution in [2.45, 2.75) is 0 Å². The van der Waals surface area contributed by atoms with E-state index in [4.69, 9.17) is 5.11 Å². The standard InChI is InChI=1S/C23H14F4N4O2/c24-17-10-18(25)20(27)22(19(17)26)29-28-11-15-12-31(16-8-6-14(7-9-16)23(32)33)30-21(15)13-4-2-1-3-5-13/h1-12,29H,(H,32,33)/b28-11+. The number of hydrazone groups is 1. The van der Waals surface area contributed by atoms with Gasteiger partial charge in [-0.2, -0.15) is 10.2 Å². The smallest absolute Gasteiger partial charge is 0.335 e. The molecule has 0 spiro atoms. The second-order valence-electron chi connectivity index (χ2n) is 6.81. The fraction of sp³-hybridized carbons (Fsp3) is 0. The molecule has 0 aliphatic rings. The van der Waals surface area contributed by atoms with Gasteiger partial charge in [0.2, 0.25) is 0 Å². The van der Waals surface area contributed by atoms with Crippen LogP contribution in [-0.2, 0) is 0 Å². The molecule has 166 valence electrons. The lowest BCUT2D eigenvalue weighted by Gasteiger charge is -2.05. The van der Waals surface area contributed by atoms with E-state index in [1.165, 1.54) is 23.0 Å². The number of carbonyl (C=O) groups is 1. The SMILES string of the molecule is O=C(O)c1ccc(-n2cc(/C=N/Nc3c(F)c(F)cc(F)c3F)c(-c3ccccc3)n2)cc1. The minimum atomic E-state index is -1.61. The van der Waals surface area contributed by atoms with Crippen molar-refractivity contribution in [1.29, 1.82) is 0 Å². The number of hydrogen-bond donors (Lipinski definition) is 2. The minimum Gasteiger partial charge on any atom is -0.478 e. The Balaban J connectivity index is 1.71. The van der Waals surface area contributed by atoms with Gasteiger partial charge >= 0.3 is 5.97 Å². The van der Waals surface area contributed by atoms with Crippen LogP contribution < -0.4 is 5.43 Å². The van der Waals surface area contributed by atoms with Crippen LogP contribution in [0.5, 0.6) is 0 Å². The largest absolute Gasteiger partial charge is 0.478 e. The average Bonchev–Trinajstić information content (AvgIpc) is 3.25. The van der Waals surface area contributed by atoms with Gasteiger partial charge in [-0.25, -0.2) is 27.0 Å². The summed E-state index contributed by atoms with van der Waals surface area (Å²) in [5, 5.41) is 17.3. The molecule has 1 heterocycles. The van der Waals surface area contributed by atoms with Crippen molar-refractivity contribution in [2.24, 2.45) is 5.10 Å². The van der Waals surface area contributed by atoms with Gasteiger partial charge < -0.3 is 5.11 Å². The lowest BCUT2D eigenvalue weighted by Crippen LogP contribution is -2.02. The molecule has 0 unspecified atom stereocenters. The normalized spacial score (nSPS) is 11.2. The molecule has 0 aliphatic carbocycles. The highest BCUT2D eigenvalue weighted by molar-refractivity contribution is 5.89. The maximum Gasteiger partial charge on any atom is 0.335 e. The lowest BCUT2D eigenvalue weighted by atomic mass is 10.1. The van der Waals surface area contributed by atoms with E-state index in [2.05, 4.69) is 10.2 Å². The zero-order valence-corrected chi connectivity index (χ0v) is 16.6. The third-order valence-electron chi connectivity index (χ3n) is 4.66. The Labute approximate surface area is 184 Å². The van der Waals surface area contributed by atoms with Crippen LogP contribution in [0.1, 0.15) is 15.9 Å². The molecule has 0 saturated heterocycles. The summed E-state index contributed by atoms with van der Waals surface area (Å²) < 4.78 is 56.0. The van der Waals surface area contributed by atoms with Gasteiger partial charge in [-0.15, -0.1) is 0 Å². The Morgan fingerprint density at radius 2 is 1.61 bits per heavy atom. The Hall–Kier alpha value is -4.47. The van der Waals surface area contributed by atoms with Crippen molar-refractivity contribution >= 4 is 17.9 Å². The number of rotatable bonds is 6. The molecule has 0 radical (unpaired) electrons. The molecule has 4 rings (SSSR count). The highest BCUT2D eigenvalue weighted by atomic mass is 19.2. The van der Waals surface area contributed by atoms with Crippen LogP contribution in [-0.4, -0.2) is 27.1 Å². The van der Waals surface area contributed by atoms with Gasteiger partial charge in [0.05, 0.1) is 17.5 Å². The quantitative estimate of drug-likeness (QED) is 0.181. The Kier molecular flexibility index (Phi) is 5.90. The van der Waals surface area contributed by atoms with E-state index < -0.39 is 34.9 Å². The van der Waals surface area contributed by atoms with Crippen molar-refractivity contribution < 1.29 is 27.5 Å². The fourth-order valence-electron chi connectivity index (χ4n) is 3.03. The van der Waals surface area contributed by atoms with Crippen LogP contribution in [0.2, 0.25) is 0 Å². The number of carboxylic acids is 1. The van der Waals surface area contributed by atoms with E-state index >= 15 is 0 Å². The van der Waals surface area contributed by atoms with Crippen LogP contribution in [0.15, 0.2) is 72.0 Å². The average molecular weight is 454 g/mol. The van der Waals surface area contributed by atoms with Crippen LogP contribution in [0, 0.1) is 23.3 Å². The van der Waals surface area contributed by atoms with Crippen molar-refractivity contribution in [3.8, 4) is 16.9 Å². The summed E-state index contributed by atoms with van der Waals surface area (Å²) in [5.74, 6) is -7.41. The molecular formula is C23H14F4N4O2. The number of nitrogens with one attached hydrogen (secondary N) is 1. The summed E-state index contributed by atoms with van der Waals surface area (Å²) in [6.45, 7) is 0. The number of aromatic nitrogens is 2. The first kappa shape index (κ1) is 21.8.